The van der Waals surface area contributed by atoms with E-state index < -0.39 is 0 Å². The van der Waals surface area contributed by atoms with Gasteiger partial charge in [0.25, 0.3) is 0 Å². The maximum atomic E-state index is 7.77. The van der Waals surface area contributed by atoms with Gasteiger partial charge in [-0.1, -0.05) is 6.92 Å². The Hall–Kier alpha value is -0.160. The second kappa shape index (κ2) is 6.85. The summed E-state index contributed by atoms with van der Waals surface area (Å²) in [5.41, 5.74) is 0. The Morgan fingerprint density at radius 2 is 2.06 bits per heavy atom. The van der Waals surface area contributed by atoms with Crippen LogP contribution < -0.4 is 5.31 Å². The lowest BCUT2D eigenvalue weighted by molar-refractivity contribution is -0.0852. The van der Waals surface area contributed by atoms with E-state index in [0.29, 0.717) is 12.2 Å². The highest BCUT2D eigenvalue weighted by Gasteiger charge is 2.25. The van der Waals surface area contributed by atoms with Gasteiger partial charge in [0, 0.05) is 38.7 Å². The normalized spacial score (nSPS) is 41.6. The molecule has 0 aliphatic carbocycles. The molecule has 0 saturated carbocycles. The molecule has 4 unspecified atom stereocenters. The molecule has 2 heterocycles. The SMILES string of the molecule is [3H]N1CC(C)OC(CCN2CC(C)OC(CC)C2)C1.[3H][3H].[3H][3H]. The first-order chi connectivity index (χ1) is 11.1. The van der Waals surface area contributed by atoms with E-state index in [1.165, 1.54) is 0 Å². The van der Waals surface area contributed by atoms with E-state index in [4.69, 9.17) is 16.8 Å². The van der Waals surface area contributed by atoms with Crippen LogP contribution in [0.15, 0.2) is 0 Å². The van der Waals surface area contributed by atoms with Gasteiger partial charge in [-0.2, -0.15) is 0 Å². The second-order valence-electron chi connectivity index (χ2n) is 5.68. The number of hydrogen-bond donors (Lipinski definition) is 1. The van der Waals surface area contributed by atoms with Crippen LogP contribution in [0.3, 0.4) is 0 Å². The second-order valence-corrected chi connectivity index (χ2v) is 5.68. The summed E-state index contributed by atoms with van der Waals surface area (Å²) in [6.45, 7) is 11.0. The topological polar surface area (TPSA) is 33.7 Å². The molecule has 4 atom stereocenters. The molecule has 2 aliphatic heterocycles. The zero-order valence-corrected chi connectivity index (χ0v) is 12.0. The molecular weight excluding hydrogens is 228 g/mol. The van der Waals surface area contributed by atoms with Crippen LogP contribution in [0.25, 0.3) is 0 Å². The predicted octanol–water partition coefficient (Wildman–Crippen LogP) is 1.74. The molecule has 0 radical (unpaired) electrons. The van der Waals surface area contributed by atoms with Gasteiger partial charge in [-0.25, -0.2) is 0 Å². The minimum absolute atomic E-state index is 0.184. The summed E-state index contributed by atoms with van der Waals surface area (Å²) in [4.78, 5) is 2.49. The van der Waals surface area contributed by atoms with Crippen LogP contribution >= 0.6 is 0 Å². The maximum absolute atomic E-state index is 7.77. The van der Waals surface area contributed by atoms with Gasteiger partial charge in [0.2, 0.25) is 0 Å². The highest BCUT2D eigenvalue weighted by atomic mass is 16.5. The lowest BCUT2D eigenvalue weighted by Crippen LogP contribution is -2.49. The zero-order valence-electron chi connectivity index (χ0n) is 17.0. The van der Waals surface area contributed by atoms with Crippen molar-refractivity contribution < 1.29 is 16.8 Å². The van der Waals surface area contributed by atoms with E-state index in [1.54, 1.807) is 5.31 Å². The molecule has 4 heteroatoms. The summed E-state index contributed by atoms with van der Waals surface area (Å²) >= 11 is 0. The fourth-order valence-electron chi connectivity index (χ4n) is 2.85. The Kier molecular flexibility index (Phi) is 4.04. The quantitative estimate of drug-likeness (QED) is 0.844. The fourth-order valence-corrected chi connectivity index (χ4v) is 2.85. The van der Waals surface area contributed by atoms with Crippen molar-refractivity contribution in [2.75, 3.05) is 32.7 Å². The van der Waals surface area contributed by atoms with Crippen molar-refractivity contribution >= 4 is 0 Å². The van der Waals surface area contributed by atoms with E-state index in [9.17, 15) is 0 Å². The summed E-state index contributed by atoms with van der Waals surface area (Å²) < 4.78 is 39.6. The fraction of sp³-hybridized carbons (Fsp3) is 1.00. The van der Waals surface area contributed by atoms with Gasteiger partial charge in [0.15, 0.2) is 0 Å². The number of nitrogens with one attached hydrogen (secondary N) is 1. The molecule has 1 N–H and O–H groups in total. The third-order valence-electron chi connectivity index (χ3n) is 3.77. The first-order valence-corrected chi connectivity index (χ1v) is 7.34. The molecule has 110 valence electrons. The Morgan fingerprint density at radius 3 is 2.78 bits per heavy atom. The highest BCUT2D eigenvalue weighted by molar-refractivity contribution is 4.78. The van der Waals surface area contributed by atoms with E-state index >= 15 is 0 Å². The largest absolute Gasteiger partial charge is 0.373 e. The van der Waals surface area contributed by atoms with E-state index in [1.807, 2.05) is 0 Å². The molecule has 4 nitrogen and oxygen atoms in total. The van der Waals surface area contributed by atoms with Crippen molar-refractivity contribution in [3.05, 3.63) is 0 Å². The van der Waals surface area contributed by atoms with Crippen molar-refractivity contribution in [3.63, 3.8) is 0 Å². The van der Waals surface area contributed by atoms with Gasteiger partial charge in [-0.3, -0.25) is 4.90 Å². The molecule has 0 aromatic carbocycles. The molecule has 0 aromatic heterocycles. The van der Waals surface area contributed by atoms with Crippen LogP contribution in [0, 0.1) is 0 Å². The molecule has 0 bridgehead atoms. The molecule has 2 fully saturated rings. The minimum Gasteiger partial charge on any atom is -0.373 e. The minimum atomic E-state index is 0.184. The molecule has 2 saturated heterocycles. The predicted molar refractivity (Wildman–Crippen MR) is 77.1 cm³/mol. The Morgan fingerprint density at radius 1 is 1.28 bits per heavy atom. The summed E-state index contributed by atoms with van der Waals surface area (Å²) in [6.07, 6.45) is 3.20. The van der Waals surface area contributed by atoms with Crippen molar-refractivity contribution in [2.45, 2.75) is 58.0 Å². The summed E-state index contributed by atoms with van der Waals surface area (Å²) in [5, 5.41) is 1.63. The molecule has 18 heavy (non-hydrogen) atoms. The van der Waals surface area contributed by atoms with Crippen molar-refractivity contribution in [3.8, 4) is 0 Å². The van der Waals surface area contributed by atoms with Crippen molar-refractivity contribution in [1.29, 1.82) is 0 Å². The summed E-state index contributed by atoms with van der Waals surface area (Å²) in [6, 6.07) is 0. The lowest BCUT2D eigenvalue weighted by Gasteiger charge is -2.37. The van der Waals surface area contributed by atoms with E-state index in [2.05, 4.69) is 25.7 Å². The number of morpholine rings is 2. The average Bonchev–Trinajstić information content (AvgIpc) is 2.55. The van der Waals surface area contributed by atoms with Gasteiger partial charge in [-0.05, 0) is 26.7 Å². The van der Waals surface area contributed by atoms with Crippen molar-refractivity contribution in [2.24, 2.45) is 0 Å². The first-order valence-electron chi connectivity index (χ1n) is 9.78. The standard InChI is InChI=1S/C14H28N2O2.2H2/c1-4-13-10-16(9-12(3)18-13)6-5-14-8-15-7-11(2)17-14;;/h11-15H,4-10H2,1-3H3;2*1H/i;2*1+2T/hT. The molecular formula is C14H32N2O2. The van der Waals surface area contributed by atoms with Crippen LogP contribution in [-0.2, 0) is 9.47 Å². The molecule has 0 aromatic rings. The van der Waals surface area contributed by atoms with Crippen LogP contribution in [0.4, 0.5) is 0 Å². The van der Waals surface area contributed by atoms with Gasteiger partial charge in [0.05, 0.1) is 24.4 Å². The third kappa shape index (κ3) is 4.19. The number of hydrogen-bond acceptors (Lipinski definition) is 4. The lowest BCUT2D eigenvalue weighted by atomic mass is 10.1. The Labute approximate surface area is 119 Å². The highest BCUT2D eigenvalue weighted by Crippen LogP contribution is 2.15. The number of ether oxygens (including phenoxy) is 2. The van der Waals surface area contributed by atoms with Crippen LogP contribution in [0.5, 0.6) is 0 Å². The first kappa shape index (κ1) is 10.6. The van der Waals surface area contributed by atoms with Crippen molar-refractivity contribution in [1.82, 2.24) is 10.2 Å². The number of nitrogens with zero attached hydrogens (tertiary/aromatic N) is 1. The zero-order chi connectivity index (χ0) is 17.8. The van der Waals surface area contributed by atoms with Gasteiger partial charge < -0.3 is 14.8 Å². The maximum Gasteiger partial charge on any atom is 0.122 e. The van der Waals surface area contributed by atoms with Gasteiger partial charge in [-0.15, -0.1) is 0 Å². The van der Waals surface area contributed by atoms with E-state index in [-0.39, 0.29) is 12.2 Å². The van der Waals surface area contributed by atoms with Gasteiger partial charge in [0.1, 0.15) is 1.41 Å². The Balaban J connectivity index is 0.00000112. The monoisotopic (exact) mass is 270 g/mol. The third-order valence-corrected chi connectivity index (χ3v) is 3.77. The summed E-state index contributed by atoms with van der Waals surface area (Å²) in [7, 11) is 0. The molecule has 2 aliphatic rings. The molecule has 0 amide bonds. The van der Waals surface area contributed by atoms with Crippen LogP contribution in [-0.4, -0.2) is 62.0 Å². The van der Waals surface area contributed by atoms with E-state index in [0.717, 1.165) is 45.6 Å². The summed E-state index contributed by atoms with van der Waals surface area (Å²) in [5.74, 6) is 0. The smallest absolute Gasteiger partial charge is 0.122 e. The van der Waals surface area contributed by atoms with Gasteiger partial charge >= 0.3 is 0 Å². The van der Waals surface area contributed by atoms with Crippen LogP contribution in [0.2, 0.25) is 1.41 Å². The number of rotatable bonds is 4. The van der Waals surface area contributed by atoms with Crippen LogP contribution in [0.1, 0.15) is 39.6 Å². The molecule has 0 spiro atoms. The average molecular weight is 270 g/mol. The Bertz CT molecular complexity index is 282. The molecule has 2 rings (SSSR count).